The number of rotatable bonds is 6. The quantitative estimate of drug-likeness (QED) is 0.843. The molecule has 1 heterocycles. The Kier molecular flexibility index (Phi) is 5.41. The van der Waals surface area contributed by atoms with Gasteiger partial charge in [0.2, 0.25) is 5.91 Å². The van der Waals surface area contributed by atoms with Crippen molar-refractivity contribution in [1.29, 1.82) is 0 Å². The average Bonchev–Trinajstić information content (AvgIpc) is 2.95. The monoisotopic (exact) mass is 303 g/mol. The zero-order valence-corrected chi connectivity index (χ0v) is 13.3. The Balaban J connectivity index is 1.99. The Morgan fingerprint density at radius 2 is 2.14 bits per heavy atom. The number of para-hydroxylation sites is 1. The van der Waals surface area contributed by atoms with E-state index in [1.807, 2.05) is 25.1 Å². The molecule has 1 aromatic carbocycles. The van der Waals surface area contributed by atoms with E-state index in [4.69, 9.17) is 5.73 Å². The third-order valence-electron chi connectivity index (χ3n) is 4.21. The smallest absolute Gasteiger partial charge is 0.250 e. The van der Waals surface area contributed by atoms with Gasteiger partial charge in [-0.3, -0.25) is 9.59 Å². The van der Waals surface area contributed by atoms with Gasteiger partial charge in [-0.2, -0.15) is 0 Å². The van der Waals surface area contributed by atoms with E-state index in [-0.39, 0.29) is 17.9 Å². The minimum Gasteiger partial charge on any atom is -0.369 e. The molecule has 1 saturated heterocycles. The SMILES string of the molecule is CCC[C@H](C)C(=O)N[C@@H]1CCN(c2ccccc2C(N)=O)C1. The predicted octanol–water partition coefficient (Wildman–Crippen LogP) is 1.92. The predicted molar refractivity (Wildman–Crippen MR) is 87.8 cm³/mol. The highest BCUT2D eigenvalue weighted by Crippen LogP contribution is 2.24. The summed E-state index contributed by atoms with van der Waals surface area (Å²) in [5.41, 5.74) is 6.83. The van der Waals surface area contributed by atoms with Crippen molar-refractivity contribution in [2.45, 2.75) is 39.2 Å². The maximum atomic E-state index is 12.1. The van der Waals surface area contributed by atoms with Crippen LogP contribution in [0.5, 0.6) is 0 Å². The number of carbonyl (C=O) groups is 2. The highest BCUT2D eigenvalue weighted by molar-refractivity contribution is 5.98. The van der Waals surface area contributed by atoms with Crippen LogP contribution in [0, 0.1) is 5.92 Å². The minimum atomic E-state index is -0.417. The van der Waals surface area contributed by atoms with E-state index in [1.165, 1.54) is 0 Å². The van der Waals surface area contributed by atoms with Crippen molar-refractivity contribution < 1.29 is 9.59 Å². The number of nitrogens with zero attached hydrogens (tertiary/aromatic N) is 1. The van der Waals surface area contributed by atoms with Gasteiger partial charge in [-0.25, -0.2) is 0 Å². The fraction of sp³-hybridized carbons (Fsp3) is 0.529. The third kappa shape index (κ3) is 3.78. The van der Waals surface area contributed by atoms with E-state index in [0.717, 1.165) is 38.0 Å². The summed E-state index contributed by atoms with van der Waals surface area (Å²) in [5, 5.41) is 3.12. The lowest BCUT2D eigenvalue weighted by Gasteiger charge is -2.21. The Labute approximate surface area is 131 Å². The summed E-state index contributed by atoms with van der Waals surface area (Å²) < 4.78 is 0. The molecule has 0 saturated carbocycles. The Hall–Kier alpha value is -2.04. The molecule has 1 fully saturated rings. The topological polar surface area (TPSA) is 75.4 Å². The molecule has 0 aliphatic carbocycles. The molecule has 1 aliphatic heterocycles. The van der Waals surface area contributed by atoms with Crippen LogP contribution in [0.4, 0.5) is 5.69 Å². The van der Waals surface area contributed by atoms with Crippen LogP contribution in [0.15, 0.2) is 24.3 Å². The van der Waals surface area contributed by atoms with Crippen LogP contribution in [0.1, 0.15) is 43.5 Å². The molecule has 5 heteroatoms. The van der Waals surface area contributed by atoms with Crippen LogP contribution >= 0.6 is 0 Å². The summed E-state index contributed by atoms with van der Waals surface area (Å²) in [6.45, 7) is 5.59. The van der Waals surface area contributed by atoms with E-state index in [0.29, 0.717) is 5.56 Å². The first-order valence-corrected chi connectivity index (χ1v) is 7.97. The second-order valence-electron chi connectivity index (χ2n) is 6.01. The van der Waals surface area contributed by atoms with Gasteiger partial charge in [0.25, 0.3) is 5.91 Å². The molecule has 0 aromatic heterocycles. The Bertz CT molecular complexity index is 544. The van der Waals surface area contributed by atoms with Gasteiger partial charge in [0, 0.05) is 30.7 Å². The lowest BCUT2D eigenvalue weighted by atomic mass is 10.0. The lowest BCUT2D eigenvalue weighted by molar-refractivity contribution is -0.125. The average molecular weight is 303 g/mol. The Morgan fingerprint density at radius 3 is 2.82 bits per heavy atom. The number of benzene rings is 1. The van der Waals surface area contributed by atoms with Gasteiger partial charge in [-0.15, -0.1) is 0 Å². The van der Waals surface area contributed by atoms with Crippen LogP contribution in [0.2, 0.25) is 0 Å². The molecule has 0 spiro atoms. The molecule has 5 nitrogen and oxygen atoms in total. The van der Waals surface area contributed by atoms with Crippen molar-refractivity contribution >= 4 is 17.5 Å². The van der Waals surface area contributed by atoms with Crippen molar-refractivity contribution in [3.05, 3.63) is 29.8 Å². The molecule has 22 heavy (non-hydrogen) atoms. The van der Waals surface area contributed by atoms with Crippen molar-refractivity contribution in [1.82, 2.24) is 5.32 Å². The van der Waals surface area contributed by atoms with E-state index >= 15 is 0 Å². The summed E-state index contributed by atoms with van der Waals surface area (Å²) in [4.78, 5) is 25.7. The first-order chi connectivity index (χ1) is 10.5. The molecule has 2 amide bonds. The summed E-state index contributed by atoms with van der Waals surface area (Å²) in [7, 11) is 0. The van der Waals surface area contributed by atoms with Crippen LogP contribution in [0.3, 0.4) is 0 Å². The number of primary amides is 1. The van der Waals surface area contributed by atoms with Crippen molar-refractivity contribution in [3.63, 3.8) is 0 Å². The molecule has 0 bridgehead atoms. The van der Waals surface area contributed by atoms with Gasteiger partial charge in [-0.1, -0.05) is 32.4 Å². The van der Waals surface area contributed by atoms with Gasteiger partial charge in [-0.05, 0) is 25.0 Å². The summed E-state index contributed by atoms with van der Waals surface area (Å²) in [6, 6.07) is 7.49. The van der Waals surface area contributed by atoms with E-state index in [9.17, 15) is 9.59 Å². The minimum absolute atomic E-state index is 0.0527. The van der Waals surface area contributed by atoms with Crippen LogP contribution in [-0.2, 0) is 4.79 Å². The maximum absolute atomic E-state index is 12.1. The molecule has 1 aromatic rings. The normalized spacial score (nSPS) is 19.0. The number of anilines is 1. The van der Waals surface area contributed by atoms with Crippen LogP contribution in [0.25, 0.3) is 0 Å². The van der Waals surface area contributed by atoms with Crippen molar-refractivity contribution in [2.75, 3.05) is 18.0 Å². The molecular formula is C17H25N3O2. The van der Waals surface area contributed by atoms with Gasteiger partial charge >= 0.3 is 0 Å². The van der Waals surface area contributed by atoms with E-state index in [1.54, 1.807) is 6.07 Å². The van der Waals surface area contributed by atoms with E-state index < -0.39 is 5.91 Å². The van der Waals surface area contributed by atoms with Gasteiger partial charge in [0.15, 0.2) is 0 Å². The largest absolute Gasteiger partial charge is 0.369 e. The number of hydrogen-bond acceptors (Lipinski definition) is 3. The van der Waals surface area contributed by atoms with Crippen LogP contribution < -0.4 is 16.0 Å². The molecule has 2 atom stereocenters. The van der Waals surface area contributed by atoms with Crippen molar-refractivity contribution in [3.8, 4) is 0 Å². The third-order valence-corrected chi connectivity index (χ3v) is 4.21. The number of hydrogen-bond donors (Lipinski definition) is 2. The first kappa shape index (κ1) is 16.3. The molecular weight excluding hydrogens is 278 g/mol. The number of nitrogens with two attached hydrogens (primary N) is 1. The zero-order valence-electron chi connectivity index (χ0n) is 13.3. The molecule has 120 valence electrons. The molecule has 1 aliphatic rings. The number of nitrogens with one attached hydrogen (secondary N) is 1. The highest BCUT2D eigenvalue weighted by atomic mass is 16.2. The highest BCUT2D eigenvalue weighted by Gasteiger charge is 2.27. The summed E-state index contributed by atoms with van der Waals surface area (Å²) >= 11 is 0. The van der Waals surface area contributed by atoms with Gasteiger partial charge in [0.05, 0.1) is 5.56 Å². The molecule has 0 radical (unpaired) electrons. The zero-order chi connectivity index (χ0) is 16.1. The summed E-state index contributed by atoms with van der Waals surface area (Å²) in [5.74, 6) is -0.242. The van der Waals surface area contributed by atoms with Crippen molar-refractivity contribution in [2.24, 2.45) is 11.7 Å². The fourth-order valence-electron chi connectivity index (χ4n) is 2.96. The first-order valence-electron chi connectivity index (χ1n) is 7.97. The van der Waals surface area contributed by atoms with E-state index in [2.05, 4.69) is 17.1 Å². The molecule has 2 rings (SSSR count). The van der Waals surface area contributed by atoms with Crippen LogP contribution in [-0.4, -0.2) is 30.9 Å². The second-order valence-corrected chi connectivity index (χ2v) is 6.01. The second kappa shape index (κ2) is 7.29. The summed E-state index contributed by atoms with van der Waals surface area (Å²) in [6.07, 6.45) is 2.81. The molecule has 3 N–H and O–H groups in total. The lowest BCUT2D eigenvalue weighted by Crippen LogP contribution is -2.40. The van der Waals surface area contributed by atoms with Gasteiger partial charge < -0.3 is 16.0 Å². The maximum Gasteiger partial charge on any atom is 0.250 e. The number of amides is 2. The number of carbonyl (C=O) groups excluding carboxylic acids is 2. The fourth-order valence-corrected chi connectivity index (χ4v) is 2.96. The molecule has 0 unspecified atom stereocenters. The standard InChI is InChI=1S/C17H25N3O2/c1-3-6-12(2)17(22)19-13-9-10-20(11-13)15-8-5-4-7-14(15)16(18)21/h4-5,7-8,12-13H,3,6,9-11H2,1-2H3,(H2,18,21)(H,19,22)/t12-,13+/m0/s1. The van der Waals surface area contributed by atoms with Gasteiger partial charge in [0.1, 0.15) is 0 Å². The Morgan fingerprint density at radius 1 is 1.41 bits per heavy atom.